The summed E-state index contributed by atoms with van der Waals surface area (Å²) in [6.07, 6.45) is -0.503. The molecule has 20 heavy (non-hydrogen) atoms. The van der Waals surface area contributed by atoms with Crippen molar-refractivity contribution in [3.8, 4) is 11.5 Å². The first-order valence-corrected chi connectivity index (χ1v) is 6.83. The van der Waals surface area contributed by atoms with Gasteiger partial charge in [-0.1, -0.05) is 13.8 Å². The maximum atomic E-state index is 12.5. The molecule has 0 fully saturated rings. The maximum absolute atomic E-state index is 12.5. The Balaban J connectivity index is 2.58. The van der Waals surface area contributed by atoms with Crippen molar-refractivity contribution in [2.45, 2.75) is 33.5 Å². The molecular formula is C15H21NO4. The average molecular weight is 279 g/mol. The zero-order chi connectivity index (χ0) is 14.9. The van der Waals surface area contributed by atoms with Gasteiger partial charge in [0.05, 0.1) is 19.4 Å². The number of aliphatic hydroxyl groups excluding tert-OH is 1. The first-order valence-electron chi connectivity index (χ1n) is 6.83. The number of carbonyl (C=O) groups is 1. The van der Waals surface area contributed by atoms with E-state index in [0.29, 0.717) is 29.3 Å². The molecule has 0 saturated heterocycles. The zero-order valence-electron chi connectivity index (χ0n) is 12.3. The SMILES string of the molecule is CCN1C(=O)C(C(C)C)Oc2c(OC)cc(CO)cc21. The Morgan fingerprint density at radius 2 is 2.15 bits per heavy atom. The molecule has 5 heteroatoms. The van der Waals surface area contributed by atoms with Crippen molar-refractivity contribution < 1.29 is 19.4 Å². The first kappa shape index (κ1) is 14.7. The number of nitrogens with zero attached hydrogens (tertiary/aromatic N) is 1. The van der Waals surface area contributed by atoms with Crippen LogP contribution in [0.2, 0.25) is 0 Å². The number of anilines is 1. The lowest BCUT2D eigenvalue weighted by molar-refractivity contribution is -0.128. The van der Waals surface area contributed by atoms with Crippen LogP contribution in [0.1, 0.15) is 26.3 Å². The molecule has 1 aliphatic rings. The van der Waals surface area contributed by atoms with Gasteiger partial charge < -0.3 is 19.5 Å². The van der Waals surface area contributed by atoms with E-state index in [1.165, 1.54) is 0 Å². The minimum atomic E-state index is -0.503. The third-order valence-electron chi connectivity index (χ3n) is 3.46. The number of amides is 1. The van der Waals surface area contributed by atoms with Gasteiger partial charge in [0, 0.05) is 6.54 Å². The Kier molecular flexibility index (Phi) is 4.18. The molecule has 1 N–H and O–H groups in total. The van der Waals surface area contributed by atoms with Crippen LogP contribution in [0.5, 0.6) is 11.5 Å². The topological polar surface area (TPSA) is 59.0 Å². The fraction of sp³-hybridized carbons (Fsp3) is 0.533. The molecule has 0 aromatic heterocycles. The van der Waals surface area contributed by atoms with Crippen LogP contribution in [0.15, 0.2) is 12.1 Å². The Morgan fingerprint density at radius 1 is 1.45 bits per heavy atom. The lowest BCUT2D eigenvalue weighted by Gasteiger charge is -2.36. The van der Waals surface area contributed by atoms with Crippen LogP contribution in [-0.4, -0.2) is 30.8 Å². The van der Waals surface area contributed by atoms with Crippen LogP contribution >= 0.6 is 0 Å². The summed E-state index contributed by atoms with van der Waals surface area (Å²) < 4.78 is 11.2. The van der Waals surface area contributed by atoms with Crippen LogP contribution in [-0.2, 0) is 11.4 Å². The van der Waals surface area contributed by atoms with Crippen molar-refractivity contribution in [3.05, 3.63) is 17.7 Å². The molecule has 1 aliphatic heterocycles. The number of likely N-dealkylation sites (N-methyl/N-ethyl adjacent to an activating group) is 1. The monoisotopic (exact) mass is 279 g/mol. The molecule has 0 aliphatic carbocycles. The van der Waals surface area contributed by atoms with Crippen molar-refractivity contribution in [1.82, 2.24) is 0 Å². The molecule has 1 atom stereocenters. The highest BCUT2D eigenvalue weighted by molar-refractivity contribution is 6.00. The predicted molar refractivity (Wildman–Crippen MR) is 76.2 cm³/mol. The van der Waals surface area contributed by atoms with E-state index < -0.39 is 6.10 Å². The number of benzene rings is 1. The number of methoxy groups -OCH3 is 1. The number of aliphatic hydroxyl groups is 1. The third-order valence-corrected chi connectivity index (χ3v) is 3.46. The Morgan fingerprint density at radius 3 is 2.65 bits per heavy atom. The van der Waals surface area contributed by atoms with Crippen molar-refractivity contribution >= 4 is 11.6 Å². The van der Waals surface area contributed by atoms with E-state index in [1.807, 2.05) is 20.8 Å². The zero-order valence-corrected chi connectivity index (χ0v) is 12.3. The second-order valence-electron chi connectivity index (χ2n) is 5.17. The molecule has 1 unspecified atom stereocenters. The minimum absolute atomic E-state index is 0.0489. The fourth-order valence-electron chi connectivity index (χ4n) is 2.40. The van der Waals surface area contributed by atoms with Gasteiger partial charge in [-0.2, -0.15) is 0 Å². The summed E-state index contributed by atoms with van der Waals surface area (Å²) in [5.41, 5.74) is 1.36. The molecule has 1 amide bonds. The van der Waals surface area contributed by atoms with Gasteiger partial charge in [0.25, 0.3) is 5.91 Å². The van der Waals surface area contributed by atoms with Crippen LogP contribution in [0.4, 0.5) is 5.69 Å². The predicted octanol–water partition coefficient (Wildman–Crippen LogP) is 1.96. The molecule has 1 aromatic rings. The largest absolute Gasteiger partial charge is 0.493 e. The highest BCUT2D eigenvalue weighted by Crippen LogP contribution is 2.43. The van der Waals surface area contributed by atoms with Crippen molar-refractivity contribution in [2.75, 3.05) is 18.6 Å². The molecule has 1 heterocycles. The summed E-state index contributed by atoms with van der Waals surface area (Å²) in [5, 5.41) is 9.32. The molecule has 0 radical (unpaired) electrons. The number of fused-ring (bicyclic) bond motifs is 1. The number of ether oxygens (including phenoxy) is 2. The fourth-order valence-corrected chi connectivity index (χ4v) is 2.40. The number of hydrogen-bond acceptors (Lipinski definition) is 4. The van der Waals surface area contributed by atoms with Gasteiger partial charge in [-0.15, -0.1) is 0 Å². The van der Waals surface area contributed by atoms with E-state index in [0.717, 1.165) is 0 Å². The number of rotatable bonds is 4. The Hall–Kier alpha value is -1.75. The standard InChI is InChI=1S/C15H21NO4/c1-5-16-11-6-10(8-17)7-12(19-4)14(11)20-13(9(2)3)15(16)18/h6-7,9,13,17H,5,8H2,1-4H3. The van der Waals surface area contributed by atoms with Gasteiger partial charge in [0.1, 0.15) is 0 Å². The Bertz CT molecular complexity index is 513. The lowest BCUT2D eigenvalue weighted by atomic mass is 10.0. The maximum Gasteiger partial charge on any atom is 0.268 e. The van der Waals surface area contributed by atoms with E-state index in [1.54, 1.807) is 24.1 Å². The molecule has 0 spiro atoms. The highest BCUT2D eigenvalue weighted by atomic mass is 16.5. The summed E-state index contributed by atoms with van der Waals surface area (Å²) in [5.74, 6) is 1.15. The summed E-state index contributed by atoms with van der Waals surface area (Å²) >= 11 is 0. The van der Waals surface area contributed by atoms with Gasteiger partial charge in [-0.3, -0.25) is 4.79 Å². The summed E-state index contributed by atoms with van der Waals surface area (Å²) in [6, 6.07) is 3.51. The van der Waals surface area contributed by atoms with Gasteiger partial charge >= 0.3 is 0 Å². The van der Waals surface area contributed by atoms with Crippen LogP contribution in [0, 0.1) is 5.92 Å². The smallest absolute Gasteiger partial charge is 0.268 e. The van der Waals surface area contributed by atoms with E-state index in [2.05, 4.69) is 0 Å². The highest BCUT2D eigenvalue weighted by Gasteiger charge is 2.37. The van der Waals surface area contributed by atoms with Crippen LogP contribution in [0.3, 0.4) is 0 Å². The van der Waals surface area contributed by atoms with E-state index in [-0.39, 0.29) is 18.4 Å². The van der Waals surface area contributed by atoms with Crippen molar-refractivity contribution in [2.24, 2.45) is 5.92 Å². The van der Waals surface area contributed by atoms with E-state index in [9.17, 15) is 9.90 Å². The lowest BCUT2D eigenvalue weighted by Crippen LogP contribution is -2.48. The molecule has 0 saturated carbocycles. The molecule has 2 rings (SSSR count). The van der Waals surface area contributed by atoms with Crippen molar-refractivity contribution in [3.63, 3.8) is 0 Å². The Labute approximate surface area is 119 Å². The third kappa shape index (κ3) is 2.33. The van der Waals surface area contributed by atoms with E-state index >= 15 is 0 Å². The van der Waals surface area contributed by atoms with Crippen molar-refractivity contribution in [1.29, 1.82) is 0 Å². The second kappa shape index (κ2) is 5.71. The van der Waals surface area contributed by atoms with Gasteiger partial charge in [0.2, 0.25) is 0 Å². The number of carbonyl (C=O) groups excluding carboxylic acids is 1. The van der Waals surface area contributed by atoms with Gasteiger partial charge in [0.15, 0.2) is 17.6 Å². The summed E-state index contributed by atoms with van der Waals surface area (Å²) in [6.45, 7) is 6.27. The number of hydrogen-bond donors (Lipinski definition) is 1. The molecule has 0 bridgehead atoms. The second-order valence-corrected chi connectivity index (χ2v) is 5.17. The first-order chi connectivity index (χ1) is 9.53. The van der Waals surface area contributed by atoms with Crippen LogP contribution in [0.25, 0.3) is 0 Å². The average Bonchev–Trinajstić information content (AvgIpc) is 2.44. The molecular weight excluding hydrogens is 258 g/mol. The van der Waals surface area contributed by atoms with E-state index in [4.69, 9.17) is 9.47 Å². The molecule has 1 aromatic carbocycles. The normalized spacial score (nSPS) is 18.0. The minimum Gasteiger partial charge on any atom is -0.493 e. The summed E-state index contributed by atoms with van der Waals surface area (Å²) in [4.78, 5) is 14.1. The molecule has 5 nitrogen and oxygen atoms in total. The van der Waals surface area contributed by atoms with Gasteiger partial charge in [-0.25, -0.2) is 0 Å². The van der Waals surface area contributed by atoms with Gasteiger partial charge in [-0.05, 0) is 30.5 Å². The van der Waals surface area contributed by atoms with Crippen LogP contribution < -0.4 is 14.4 Å². The molecule has 110 valence electrons. The summed E-state index contributed by atoms with van der Waals surface area (Å²) in [7, 11) is 1.55. The quantitative estimate of drug-likeness (QED) is 0.915.